The maximum Gasteiger partial charge on any atom is 0.403 e. The fourth-order valence-corrected chi connectivity index (χ4v) is 1.29. The molecule has 0 spiro atoms. The van der Waals surface area contributed by atoms with Crippen LogP contribution in [0.4, 0.5) is 13.2 Å². The van der Waals surface area contributed by atoms with Gasteiger partial charge in [0.1, 0.15) is 0 Å². The lowest BCUT2D eigenvalue weighted by Crippen LogP contribution is -2.45. The van der Waals surface area contributed by atoms with E-state index in [2.05, 4.69) is 5.32 Å². The molecule has 0 aromatic heterocycles. The number of carboxylic acid groups (broad SMARTS) is 1. The Bertz CT molecular complexity index is 252. The third-order valence-electron chi connectivity index (χ3n) is 2.81. The Labute approximate surface area is 97.8 Å². The third kappa shape index (κ3) is 5.36. The topological polar surface area (TPSA) is 69.6 Å². The zero-order chi connectivity index (χ0) is 13.7. The molecule has 0 radical (unpaired) electrons. The second-order valence-corrected chi connectivity index (χ2v) is 3.99. The van der Waals surface area contributed by atoms with E-state index in [9.17, 15) is 23.1 Å². The van der Waals surface area contributed by atoms with E-state index < -0.39 is 30.2 Å². The van der Waals surface area contributed by atoms with Crippen LogP contribution in [0.5, 0.6) is 0 Å². The molecule has 0 bridgehead atoms. The molecule has 0 aliphatic heterocycles. The van der Waals surface area contributed by atoms with E-state index in [4.69, 9.17) is 5.11 Å². The lowest BCUT2D eigenvalue weighted by atomic mass is 9.97. The zero-order valence-electron chi connectivity index (χ0n) is 9.84. The molecule has 102 valence electrons. The van der Waals surface area contributed by atoms with E-state index in [1.807, 2.05) is 0 Å². The smallest absolute Gasteiger partial charge is 0.403 e. The highest BCUT2D eigenvalue weighted by Crippen LogP contribution is 2.26. The summed E-state index contributed by atoms with van der Waals surface area (Å²) in [5, 5.41) is 20.6. The van der Waals surface area contributed by atoms with E-state index in [1.54, 1.807) is 13.8 Å². The molecule has 4 nitrogen and oxygen atoms in total. The number of rotatable bonds is 7. The van der Waals surface area contributed by atoms with Crippen molar-refractivity contribution in [3.05, 3.63) is 0 Å². The first kappa shape index (κ1) is 16.2. The summed E-state index contributed by atoms with van der Waals surface area (Å²) in [6, 6.07) is 0. The van der Waals surface area contributed by atoms with Gasteiger partial charge >= 0.3 is 12.1 Å². The molecule has 17 heavy (non-hydrogen) atoms. The van der Waals surface area contributed by atoms with Gasteiger partial charge in [-0.15, -0.1) is 0 Å². The third-order valence-corrected chi connectivity index (χ3v) is 2.81. The molecule has 0 amide bonds. The van der Waals surface area contributed by atoms with Gasteiger partial charge in [-0.2, -0.15) is 13.2 Å². The van der Waals surface area contributed by atoms with Gasteiger partial charge < -0.3 is 15.5 Å². The van der Waals surface area contributed by atoms with Crippen molar-refractivity contribution >= 4 is 5.97 Å². The molecule has 0 aliphatic carbocycles. The number of halogens is 3. The summed E-state index contributed by atoms with van der Waals surface area (Å²) in [6.07, 6.45) is -4.00. The maximum absolute atomic E-state index is 12.3. The van der Waals surface area contributed by atoms with Crippen molar-refractivity contribution in [3.8, 4) is 0 Å². The van der Waals surface area contributed by atoms with Gasteiger partial charge in [-0.1, -0.05) is 13.8 Å². The van der Waals surface area contributed by atoms with Crippen molar-refractivity contribution in [1.29, 1.82) is 0 Å². The zero-order valence-corrected chi connectivity index (χ0v) is 9.84. The summed E-state index contributed by atoms with van der Waals surface area (Å²) in [6.45, 7) is 2.63. The summed E-state index contributed by atoms with van der Waals surface area (Å²) in [5.74, 6) is -4.36. The quantitative estimate of drug-likeness (QED) is 0.644. The summed E-state index contributed by atoms with van der Waals surface area (Å²) < 4.78 is 36.8. The van der Waals surface area contributed by atoms with Crippen molar-refractivity contribution in [1.82, 2.24) is 5.32 Å². The molecule has 0 aliphatic rings. The van der Waals surface area contributed by atoms with Crippen LogP contribution in [0.15, 0.2) is 0 Å². The molecule has 3 N–H and O–H groups in total. The highest BCUT2D eigenvalue weighted by atomic mass is 19.4. The standard InChI is InChI=1S/C10H18F3NO3/c1-3-9(17,4-2)6-14-5-7(8(15)16)10(11,12)13/h7,14,17H,3-6H2,1-2H3,(H,15,16). The summed E-state index contributed by atoms with van der Waals surface area (Å²) in [7, 11) is 0. The van der Waals surface area contributed by atoms with Gasteiger partial charge in [-0.25, -0.2) is 0 Å². The Morgan fingerprint density at radius 2 is 1.76 bits per heavy atom. The first-order valence-corrected chi connectivity index (χ1v) is 5.39. The normalized spacial score (nSPS) is 14.7. The second-order valence-electron chi connectivity index (χ2n) is 3.99. The molecule has 0 fully saturated rings. The van der Waals surface area contributed by atoms with E-state index in [-0.39, 0.29) is 6.54 Å². The molecule has 1 atom stereocenters. The number of hydrogen-bond donors (Lipinski definition) is 3. The summed E-state index contributed by atoms with van der Waals surface area (Å²) in [5.41, 5.74) is -1.09. The predicted octanol–water partition coefficient (Wildman–Crippen LogP) is 1.39. The molecule has 0 aromatic rings. The van der Waals surface area contributed by atoms with Crippen LogP contribution in [0.2, 0.25) is 0 Å². The van der Waals surface area contributed by atoms with Crippen LogP contribution < -0.4 is 5.32 Å². The van der Waals surface area contributed by atoms with Gasteiger partial charge in [-0.05, 0) is 12.8 Å². The number of carbonyl (C=O) groups is 1. The minimum atomic E-state index is -4.78. The molecule has 7 heteroatoms. The lowest BCUT2D eigenvalue weighted by molar-refractivity contribution is -0.192. The number of nitrogens with one attached hydrogen (secondary N) is 1. The molecule has 1 unspecified atom stereocenters. The van der Waals surface area contributed by atoms with Crippen molar-refractivity contribution in [2.75, 3.05) is 13.1 Å². The fraction of sp³-hybridized carbons (Fsp3) is 0.900. The van der Waals surface area contributed by atoms with Crippen LogP contribution in [0, 0.1) is 5.92 Å². The molecule has 0 aromatic carbocycles. The number of hydrogen-bond acceptors (Lipinski definition) is 3. The van der Waals surface area contributed by atoms with Gasteiger partial charge in [0, 0.05) is 13.1 Å². The van der Waals surface area contributed by atoms with E-state index in [0.717, 1.165) is 0 Å². The van der Waals surface area contributed by atoms with Crippen molar-refractivity contribution in [3.63, 3.8) is 0 Å². The minimum Gasteiger partial charge on any atom is -0.481 e. The number of alkyl halides is 3. The number of aliphatic carboxylic acids is 1. The van der Waals surface area contributed by atoms with Gasteiger partial charge in [0.2, 0.25) is 0 Å². The van der Waals surface area contributed by atoms with E-state index in [1.165, 1.54) is 0 Å². The number of carboxylic acids is 1. The van der Waals surface area contributed by atoms with Crippen molar-refractivity contribution in [2.24, 2.45) is 5.92 Å². The van der Waals surface area contributed by atoms with E-state index >= 15 is 0 Å². The first-order valence-electron chi connectivity index (χ1n) is 5.39. The Hall–Kier alpha value is -0.820. The van der Waals surface area contributed by atoms with Crippen molar-refractivity contribution < 1.29 is 28.2 Å². The average Bonchev–Trinajstić information content (AvgIpc) is 2.21. The highest BCUT2D eigenvalue weighted by molar-refractivity contribution is 5.71. The monoisotopic (exact) mass is 257 g/mol. The maximum atomic E-state index is 12.3. The molecular weight excluding hydrogens is 239 g/mol. The van der Waals surface area contributed by atoms with Gasteiger partial charge in [0.25, 0.3) is 0 Å². The van der Waals surface area contributed by atoms with Crippen LogP contribution >= 0.6 is 0 Å². The highest BCUT2D eigenvalue weighted by Gasteiger charge is 2.44. The van der Waals surface area contributed by atoms with Gasteiger partial charge in [-0.3, -0.25) is 4.79 Å². The van der Waals surface area contributed by atoms with Gasteiger partial charge in [0.05, 0.1) is 5.60 Å². The SMILES string of the molecule is CCC(O)(CC)CNCC(C(=O)O)C(F)(F)F. The van der Waals surface area contributed by atoms with Crippen LogP contribution in [-0.4, -0.2) is 41.0 Å². The summed E-state index contributed by atoms with van der Waals surface area (Å²) in [4.78, 5) is 10.4. The van der Waals surface area contributed by atoms with Crippen LogP contribution in [0.25, 0.3) is 0 Å². The fourth-order valence-electron chi connectivity index (χ4n) is 1.29. The van der Waals surface area contributed by atoms with Crippen LogP contribution in [0.1, 0.15) is 26.7 Å². The van der Waals surface area contributed by atoms with Crippen LogP contribution in [0.3, 0.4) is 0 Å². The average molecular weight is 257 g/mol. The second kappa shape index (κ2) is 6.20. The van der Waals surface area contributed by atoms with Gasteiger partial charge in [0.15, 0.2) is 5.92 Å². The Kier molecular flexibility index (Phi) is 5.91. The molecule has 0 saturated carbocycles. The minimum absolute atomic E-state index is 0.0557. The Morgan fingerprint density at radius 3 is 2.06 bits per heavy atom. The molecule has 0 saturated heterocycles. The predicted molar refractivity (Wildman–Crippen MR) is 55.6 cm³/mol. The molecule has 0 heterocycles. The van der Waals surface area contributed by atoms with Crippen molar-refractivity contribution in [2.45, 2.75) is 38.5 Å². The molecular formula is C10H18F3NO3. The molecule has 0 rings (SSSR count). The van der Waals surface area contributed by atoms with E-state index in [0.29, 0.717) is 12.8 Å². The van der Waals surface area contributed by atoms with Crippen LogP contribution in [-0.2, 0) is 4.79 Å². The largest absolute Gasteiger partial charge is 0.481 e. The first-order chi connectivity index (χ1) is 7.66. The Balaban J connectivity index is 4.30. The Morgan fingerprint density at radius 1 is 1.29 bits per heavy atom. The lowest BCUT2D eigenvalue weighted by Gasteiger charge is -2.26. The summed E-state index contributed by atoms with van der Waals surface area (Å²) >= 11 is 0. The number of aliphatic hydroxyl groups is 1.